The fourth-order valence-corrected chi connectivity index (χ4v) is 2.37. The average Bonchev–Trinajstić information content (AvgIpc) is 2.24. The lowest BCUT2D eigenvalue weighted by molar-refractivity contribution is -0.122. The van der Waals surface area contributed by atoms with Gasteiger partial charge in [0.15, 0.2) is 6.61 Å². The van der Waals surface area contributed by atoms with E-state index in [0.717, 1.165) is 4.47 Å². The summed E-state index contributed by atoms with van der Waals surface area (Å²) in [5.74, 6) is 0.550. The predicted molar refractivity (Wildman–Crippen MR) is 72.4 cm³/mol. The van der Waals surface area contributed by atoms with Gasteiger partial charge in [-0.25, -0.2) is 0 Å². The number of rotatable bonds is 3. The summed E-state index contributed by atoms with van der Waals surface area (Å²) < 4.78 is 6.36. The Balaban J connectivity index is 2.79. The van der Waals surface area contributed by atoms with E-state index in [-0.39, 0.29) is 17.9 Å². The van der Waals surface area contributed by atoms with E-state index in [1.165, 1.54) is 5.56 Å². The highest BCUT2D eigenvalue weighted by atomic mass is 79.9. The Labute approximate surface area is 111 Å². The molecule has 0 bridgehead atoms. The molecule has 0 saturated carbocycles. The smallest absolute Gasteiger partial charge is 0.257 e. The van der Waals surface area contributed by atoms with Crippen LogP contribution in [0, 0.1) is 0 Å². The summed E-state index contributed by atoms with van der Waals surface area (Å²) in [5, 5.41) is 2.51. The van der Waals surface area contributed by atoms with Gasteiger partial charge in [-0.15, -0.1) is 0 Å². The van der Waals surface area contributed by atoms with Crippen LogP contribution in [0.5, 0.6) is 5.75 Å². The van der Waals surface area contributed by atoms with Crippen LogP contribution < -0.4 is 10.1 Å². The van der Waals surface area contributed by atoms with Crippen molar-refractivity contribution in [1.82, 2.24) is 5.32 Å². The Morgan fingerprint density at radius 1 is 1.41 bits per heavy atom. The zero-order valence-electron chi connectivity index (χ0n) is 10.6. The number of hydrogen-bond donors (Lipinski definition) is 1. The molecule has 0 heterocycles. The van der Waals surface area contributed by atoms with E-state index < -0.39 is 0 Å². The largest absolute Gasteiger partial charge is 0.484 e. The zero-order valence-corrected chi connectivity index (χ0v) is 12.2. The third kappa shape index (κ3) is 4.04. The Hall–Kier alpha value is -1.03. The van der Waals surface area contributed by atoms with Crippen LogP contribution >= 0.6 is 15.9 Å². The summed E-state index contributed by atoms with van der Waals surface area (Å²) in [6.07, 6.45) is 0. The van der Waals surface area contributed by atoms with E-state index >= 15 is 0 Å². The van der Waals surface area contributed by atoms with Crippen molar-refractivity contribution < 1.29 is 9.53 Å². The molecule has 0 unspecified atom stereocenters. The molecule has 17 heavy (non-hydrogen) atoms. The van der Waals surface area contributed by atoms with Gasteiger partial charge in [0.25, 0.3) is 5.91 Å². The molecule has 0 aliphatic carbocycles. The number of carbonyl (C=O) groups excluding carboxylic acids is 1. The summed E-state index contributed by atoms with van der Waals surface area (Å²) >= 11 is 3.53. The van der Waals surface area contributed by atoms with E-state index in [2.05, 4.69) is 42.0 Å². The number of hydrogen-bond acceptors (Lipinski definition) is 2. The average molecular weight is 300 g/mol. The van der Waals surface area contributed by atoms with Gasteiger partial charge in [-0.05, 0) is 23.1 Å². The van der Waals surface area contributed by atoms with Crippen molar-refractivity contribution in [3.05, 3.63) is 28.2 Å². The standard InChI is InChI=1S/C13H18BrNO2/c1-13(2,3)10-6-5-9(7-11(10)14)17-8-12(16)15-4/h5-7H,8H2,1-4H3,(H,15,16). The monoisotopic (exact) mass is 299 g/mol. The highest BCUT2D eigenvalue weighted by Crippen LogP contribution is 2.32. The molecular formula is C13H18BrNO2. The molecule has 0 fully saturated rings. The lowest BCUT2D eigenvalue weighted by atomic mass is 9.87. The van der Waals surface area contributed by atoms with Gasteiger partial charge in [0.2, 0.25) is 0 Å². The van der Waals surface area contributed by atoms with Crippen LogP contribution in [0.15, 0.2) is 22.7 Å². The van der Waals surface area contributed by atoms with Crippen LogP contribution in [-0.2, 0) is 10.2 Å². The summed E-state index contributed by atoms with van der Waals surface area (Å²) in [6, 6.07) is 5.79. The van der Waals surface area contributed by atoms with E-state index in [4.69, 9.17) is 4.74 Å². The maximum Gasteiger partial charge on any atom is 0.257 e. The minimum atomic E-state index is -0.138. The molecule has 0 spiro atoms. The lowest BCUT2D eigenvalue weighted by Crippen LogP contribution is -2.24. The first-order chi connectivity index (χ1) is 7.84. The molecule has 0 aliphatic rings. The second-order valence-corrected chi connectivity index (χ2v) is 5.71. The van der Waals surface area contributed by atoms with Crippen molar-refractivity contribution in [1.29, 1.82) is 0 Å². The molecular weight excluding hydrogens is 282 g/mol. The maximum atomic E-state index is 11.0. The SMILES string of the molecule is CNC(=O)COc1ccc(C(C)(C)C)c(Br)c1. The topological polar surface area (TPSA) is 38.3 Å². The van der Waals surface area contributed by atoms with Gasteiger partial charge < -0.3 is 10.1 Å². The minimum absolute atomic E-state index is 0.0395. The van der Waals surface area contributed by atoms with Crippen molar-refractivity contribution in [2.45, 2.75) is 26.2 Å². The van der Waals surface area contributed by atoms with Gasteiger partial charge in [-0.3, -0.25) is 4.79 Å². The molecule has 0 aromatic heterocycles. The molecule has 94 valence electrons. The fourth-order valence-electron chi connectivity index (χ4n) is 1.41. The van der Waals surface area contributed by atoms with Crippen molar-refractivity contribution in [2.24, 2.45) is 0 Å². The lowest BCUT2D eigenvalue weighted by Gasteiger charge is -2.21. The molecule has 0 saturated heterocycles. The van der Waals surface area contributed by atoms with Gasteiger partial charge in [-0.2, -0.15) is 0 Å². The first-order valence-electron chi connectivity index (χ1n) is 5.48. The third-order valence-corrected chi connectivity index (χ3v) is 3.05. The Bertz CT molecular complexity index is 410. The Morgan fingerprint density at radius 3 is 2.53 bits per heavy atom. The first kappa shape index (κ1) is 14.0. The van der Waals surface area contributed by atoms with Crippen LogP contribution in [-0.4, -0.2) is 19.6 Å². The quantitative estimate of drug-likeness (QED) is 0.932. The molecule has 0 atom stereocenters. The summed E-state index contributed by atoms with van der Waals surface area (Å²) in [4.78, 5) is 11.0. The van der Waals surface area contributed by atoms with E-state index in [0.29, 0.717) is 5.75 Å². The summed E-state index contributed by atoms with van der Waals surface area (Å²) in [5.41, 5.74) is 1.29. The van der Waals surface area contributed by atoms with Crippen LogP contribution in [0.1, 0.15) is 26.3 Å². The van der Waals surface area contributed by atoms with Crippen molar-refractivity contribution in [3.8, 4) is 5.75 Å². The molecule has 1 aromatic rings. The number of likely N-dealkylation sites (N-methyl/N-ethyl adjacent to an activating group) is 1. The molecule has 4 heteroatoms. The number of ether oxygens (including phenoxy) is 1. The van der Waals surface area contributed by atoms with Crippen LogP contribution in [0.3, 0.4) is 0 Å². The number of nitrogens with one attached hydrogen (secondary N) is 1. The van der Waals surface area contributed by atoms with E-state index in [1.807, 2.05) is 18.2 Å². The highest BCUT2D eigenvalue weighted by Gasteiger charge is 2.17. The molecule has 0 radical (unpaired) electrons. The molecule has 3 nitrogen and oxygen atoms in total. The van der Waals surface area contributed by atoms with Crippen LogP contribution in [0.25, 0.3) is 0 Å². The van der Waals surface area contributed by atoms with E-state index in [9.17, 15) is 4.79 Å². The second kappa shape index (κ2) is 5.54. The number of halogens is 1. The van der Waals surface area contributed by atoms with E-state index in [1.54, 1.807) is 7.05 Å². The highest BCUT2D eigenvalue weighted by molar-refractivity contribution is 9.10. The molecule has 1 N–H and O–H groups in total. The predicted octanol–water partition coefficient (Wildman–Crippen LogP) is 2.87. The van der Waals surface area contributed by atoms with Crippen molar-refractivity contribution in [3.63, 3.8) is 0 Å². The Morgan fingerprint density at radius 2 is 2.06 bits per heavy atom. The van der Waals surface area contributed by atoms with Crippen LogP contribution in [0.4, 0.5) is 0 Å². The first-order valence-corrected chi connectivity index (χ1v) is 6.27. The third-order valence-electron chi connectivity index (χ3n) is 2.40. The van der Waals surface area contributed by atoms with Crippen LogP contribution in [0.2, 0.25) is 0 Å². The molecule has 1 aromatic carbocycles. The minimum Gasteiger partial charge on any atom is -0.484 e. The summed E-state index contributed by atoms with van der Waals surface area (Å²) in [6.45, 7) is 6.49. The van der Waals surface area contributed by atoms with Crippen molar-refractivity contribution >= 4 is 21.8 Å². The normalized spacial score (nSPS) is 11.1. The van der Waals surface area contributed by atoms with Gasteiger partial charge in [-0.1, -0.05) is 42.8 Å². The van der Waals surface area contributed by atoms with Gasteiger partial charge in [0.05, 0.1) is 0 Å². The fraction of sp³-hybridized carbons (Fsp3) is 0.462. The molecule has 1 amide bonds. The Kier molecular flexibility index (Phi) is 4.57. The van der Waals surface area contributed by atoms with Gasteiger partial charge >= 0.3 is 0 Å². The summed E-state index contributed by atoms with van der Waals surface area (Å²) in [7, 11) is 1.59. The van der Waals surface area contributed by atoms with Gasteiger partial charge in [0.1, 0.15) is 5.75 Å². The number of carbonyl (C=O) groups is 1. The number of amides is 1. The van der Waals surface area contributed by atoms with Crippen molar-refractivity contribution in [2.75, 3.05) is 13.7 Å². The number of benzene rings is 1. The molecule has 1 rings (SSSR count). The maximum absolute atomic E-state index is 11.0. The van der Waals surface area contributed by atoms with Gasteiger partial charge in [0, 0.05) is 11.5 Å². The zero-order chi connectivity index (χ0) is 13.1. The second-order valence-electron chi connectivity index (χ2n) is 4.85. The molecule has 0 aliphatic heterocycles.